The molecular formula is C20H21FN4S. The zero-order valence-electron chi connectivity index (χ0n) is 14.4. The predicted octanol–water partition coefficient (Wildman–Crippen LogP) is 4.80. The normalized spacial score (nSPS) is 16.6. The summed E-state index contributed by atoms with van der Waals surface area (Å²) in [4.78, 5) is 8.98. The molecule has 0 spiro atoms. The quantitative estimate of drug-likeness (QED) is 0.643. The number of hydrogen-bond donors (Lipinski definition) is 1. The second-order valence-electron chi connectivity index (χ2n) is 6.51. The van der Waals surface area contributed by atoms with Gasteiger partial charge in [-0.2, -0.15) is 5.10 Å². The Morgan fingerprint density at radius 1 is 1.12 bits per heavy atom. The van der Waals surface area contributed by atoms with E-state index in [0.29, 0.717) is 6.04 Å². The summed E-state index contributed by atoms with van der Waals surface area (Å²) in [7, 11) is 0. The molecule has 2 heterocycles. The van der Waals surface area contributed by atoms with E-state index in [0.717, 1.165) is 34.6 Å². The smallest absolute Gasteiger partial charge is 0.206 e. The van der Waals surface area contributed by atoms with Gasteiger partial charge in [0.15, 0.2) is 0 Å². The summed E-state index contributed by atoms with van der Waals surface area (Å²) in [6.07, 6.45) is 9.75. The Balaban J connectivity index is 1.76. The third kappa shape index (κ3) is 3.85. The first kappa shape index (κ1) is 17.0. The van der Waals surface area contributed by atoms with Gasteiger partial charge in [0.05, 0.1) is 23.6 Å². The molecular weight excluding hydrogens is 347 g/mol. The fraction of sp³-hybridized carbons (Fsp3) is 0.300. The number of aromatic nitrogens is 2. The van der Waals surface area contributed by atoms with E-state index in [1.54, 1.807) is 29.7 Å². The number of hydrogen-bond acceptors (Lipinski definition) is 3. The Morgan fingerprint density at radius 2 is 1.92 bits per heavy atom. The molecule has 0 atom stereocenters. The number of rotatable bonds is 4. The van der Waals surface area contributed by atoms with Gasteiger partial charge in [-0.05, 0) is 49.2 Å². The SMILES string of the molecule is Fc1ccc(-c2csc(=NC3CCCCC3)n2N=Cc2ccc[nH]2)cc1. The number of benzene rings is 1. The highest BCUT2D eigenvalue weighted by molar-refractivity contribution is 7.07. The van der Waals surface area contributed by atoms with Gasteiger partial charge in [0, 0.05) is 17.1 Å². The van der Waals surface area contributed by atoms with E-state index in [1.807, 2.05) is 28.4 Å². The van der Waals surface area contributed by atoms with Crippen molar-refractivity contribution in [2.45, 2.75) is 38.1 Å². The second kappa shape index (κ2) is 7.83. The van der Waals surface area contributed by atoms with Gasteiger partial charge >= 0.3 is 0 Å². The van der Waals surface area contributed by atoms with Gasteiger partial charge in [0.25, 0.3) is 0 Å². The van der Waals surface area contributed by atoms with Crippen LogP contribution in [0.3, 0.4) is 0 Å². The van der Waals surface area contributed by atoms with Crippen LogP contribution in [0.15, 0.2) is 58.1 Å². The highest BCUT2D eigenvalue weighted by atomic mass is 32.1. The topological polar surface area (TPSA) is 45.4 Å². The Labute approximate surface area is 155 Å². The number of halogens is 1. The third-order valence-electron chi connectivity index (χ3n) is 4.63. The van der Waals surface area contributed by atoms with E-state index in [1.165, 1.54) is 31.4 Å². The first-order valence-electron chi connectivity index (χ1n) is 8.98. The number of H-pyrrole nitrogens is 1. The van der Waals surface area contributed by atoms with Crippen LogP contribution in [0.5, 0.6) is 0 Å². The molecule has 0 radical (unpaired) electrons. The highest BCUT2D eigenvalue weighted by Gasteiger charge is 2.14. The molecule has 4 rings (SSSR count). The fourth-order valence-electron chi connectivity index (χ4n) is 3.23. The Kier molecular flexibility index (Phi) is 5.11. The van der Waals surface area contributed by atoms with E-state index < -0.39 is 0 Å². The van der Waals surface area contributed by atoms with E-state index in [4.69, 9.17) is 4.99 Å². The van der Waals surface area contributed by atoms with Crippen LogP contribution in [0, 0.1) is 5.82 Å². The Morgan fingerprint density at radius 3 is 2.65 bits per heavy atom. The number of nitrogens with one attached hydrogen (secondary N) is 1. The molecule has 2 aromatic heterocycles. The molecule has 0 aliphatic heterocycles. The van der Waals surface area contributed by atoms with Crippen LogP contribution in [0.2, 0.25) is 0 Å². The Hall–Kier alpha value is -2.47. The predicted molar refractivity (Wildman–Crippen MR) is 104 cm³/mol. The molecule has 0 saturated heterocycles. The minimum absolute atomic E-state index is 0.238. The van der Waals surface area contributed by atoms with Crippen molar-refractivity contribution in [1.82, 2.24) is 9.66 Å². The summed E-state index contributed by atoms with van der Waals surface area (Å²) in [5.74, 6) is -0.238. The molecule has 1 aliphatic carbocycles. The summed E-state index contributed by atoms with van der Waals surface area (Å²) in [6.45, 7) is 0. The molecule has 0 amide bonds. The zero-order chi connectivity index (χ0) is 17.8. The van der Waals surface area contributed by atoms with Crippen LogP contribution in [-0.4, -0.2) is 21.9 Å². The molecule has 4 nitrogen and oxygen atoms in total. The average Bonchev–Trinajstić information content (AvgIpc) is 3.32. The van der Waals surface area contributed by atoms with Crippen molar-refractivity contribution in [3.05, 3.63) is 64.3 Å². The van der Waals surface area contributed by atoms with Gasteiger partial charge in [-0.1, -0.05) is 19.3 Å². The van der Waals surface area contributed by atoms with Crippen LogP contribution in [0.4, 0.5) is 4.39 Å². The van der Waals surface area contributed by atoms with Gasteiger partial charge in [0.2, 0.25) is 4.80 Å². The lowest BCUT2D eigenvalue weighted by atomic mass is 9.96. The molecule has 1 aliphatic rings. The fourth-order valence-corrected chi connectivity index (χ4v) is 4.14. The lowest BCUT2D eigenvalue weighted by Crippen LogP contribution is -2.19. The lowest BCUT2D eigenvalue weighted by molar-refractivity contribution is 0.435. The highest BCUT2D eigenvalue weighted by Crippen LogP contribution is 2.23. The molecule has 134 valence electrons. The molecule has 6 heteroatoms. The molecule has 3 aromatic rings. The van der Waals surface area contributed by atoms with Gasteiger partial charge < -0.3 is 4.98 Å². The van der Waals surface area contributed by atoms with E-state index >= 15 is 0 Å². The van der Waals surface area contributed by atoms with Gasteiger partial charge in [-0.3, -0.25) is 4.99 Å². The third-order valence-corrected chi connectivity index (χ3v) is 5.46. The first-order valence-corrected chi connectivity index (χ1v) is 9.85. The van der Waals surface area contributed by atoms with Crippen LogP contribution in [0.25, 0.3) is 11.3 Å². The summed E-state index contributed by atoms with van der Waals surface area (Å²) in [5, 5.41) is 6.70. The summed E-state index contributed by atoms with van der Waals surface area (Å²) < 4.78 is 15.2. The van der Waals surface area contributed by atoms with Gasteiger partial charge in [-0.25, -0.2) is 9.07 Å². The first-order chi connectivity index (χ1) is 12.8. The molecule has 0 bridgehead atoms. The van der Waals surface area contributed by atoms with Crippen LogP contribution in [0.1, 0.15) is 37.8 Å². The maximum atomic E-state index is 13.3. The number of nitrogens with zero attached hydrogens (tertiary/aromatic N) is 3. The van der Waals surface area contributed by atoms with Gasteiger partial charge in [-0.15, -0.1) is 11.3 Å². The maximum absolute atomic E-state index is 13.3. The number of thiazole rings is 1. The van der Waals surface area contributed by atoms with E-state index in [-0.39, 0.29) is 5.82 Å². The monoisotopic (exact) mass is 368 g/mol. The zero-order valence-corrected chi connectivity index (χ0v) is 15.3. The molecule has 1 aromatic carbocycles. The van der Waals surface area contributed by atoms with Crippen molar-refractivity contribution in [3.8, 4) is 11.3 Å². The molecule has 0 unspecified atom stereocenters. The Bertz CT molecular complexity index is 929. The number of aromatic amines is 1. The van der Waals surface area contributed by atoms with Crippen molar-refractivity contribution in [3.63, 3.8) is 0 Å². The summed E-state index contributed by atoms with van der Waals surface area (Å²) in [6, 6.07) is 10.8. The summed E-state index contributed by atoms with van der Waals surface area (Å²) in [5.41, 5.74) is 2.78. The van der Waals surface area contributed by atoms with Crippen molar-refractivity contribution < 1.29 is 4.39 Å². The average molecular weight is 368 g/mol. The molecule has 1 N–H and O–H groups in total. The molecule has 1 fully saturated rings. The molecule has 26 heavy (non-hydrogen) atoms. The summed E-state index contributed by atoms with van der Waals surface area (Å²) >= 11 is 1.58. The van der Waals surface area contributed by atoms with Gasteiger partial charge in [0.1, 0.15) is 5.82 Å². The van der Waals surface area contributed by atoms with Crippen LogP contribution in [-0.2, 0) is 0 Å². The van der Waals surface area contributed by atoms with E-state index in [9.17, 15) is 4.39 Å². The minimum atomic E-state index is -0.238. The minimum Gasteiger partial charge on any atom is -0.360 e. The van der Waals surface area contributed by atoms with E-state index in [2.05, 4.69) is 10.1 Å². The molecule has 1 saturated carbocycles. The van der Waals surface area contributed by atoms with Crippen molar-refractivity contribution in [2.75, 3.05) is 0 Å². The van der Waals surface area contributed by atoms with Crippen LogP contribution < -0.4 is 4.80 Å². The standard InChI is InChI=1S/C20H21FN4S/c21-16-10-8-15(9-11-16)19-14-26-20(24-17-5-2-1-3-6-17)25(19)23-13-18-7-4-12-22-18/h4,7-14,17,22H,1-3,5-6H2. The van der Waals surface area contributed by atoms with Crippen LogP contribution >= 0.6 is 11.3 Å². The largest absolute Gasteiger partial charge is 0.360 e. The van der Waals surface area contributed by atoms with Crippen molar-refractivity contribution in [2.24, 2.45) is 10.1 Å². The lowest BCUT2D eigenvalue weighted by Gasteiger charge is -2.16. The van der Waals surface area contributed by atoms with Crippen molar-refractivity contribution >= 4 is 17.6 Å². The maximum Gasteiger partial charge on any atom is 0.206 e. The van der Waals surface area contributed by atoms with Crippen molar-refractivity contribution in [1.29, 1.82) is 0 Å². The second-order valence-corrected chi connectivity index (χ2v) is 7.35.